The first kappa shape index (κ1) is 17.4. The van der Waals surface area contributed by atoms with Crippen molar-refractivity contribution in [2.45, 2.75) is 0 Å². The molecule has 4 heteroatoms. The molecule has 0 radical (unpaired) electrons. The molecule has 0 aromatic rings. The smallest absolute Gasteiger partial charge is 1.00 e. The van der Waals surface area contributed by atoms with Crippen LogP contribution in [0.1, 0.15) is 1.43 Å². The molecular weight excluding hydrogens is 103 g/mol. The van der Waals surface area contributed by atoms with Gasteiger partial charge in [-0.15, -0.1) is 23.3 Å². The molecule has 0 fully saturated rings. The molecule has 24 valence electrons. The van der Waals surface area contributed by atoms with Gasteiger partial charge in [-0.25, -0.2) is 0 Å². The van der Waals surface area contributed by atoms with Crippen LogP contribution >= 0.6 is 36.8 Å². The van der Waals surface area contributed by atoms with Crippen LogP contribution in [0.15, 0.2) is 0 Å². The Morgan fingerprint density at radius 1 is 1.25 bits per heavy atom. The number of hydrogen-bond donors (Lipinski definition) is 2. The quantitative estimate of drug-likeness (QED) is 0.200. The standard InChI is InChI=1S/Li.H2S2.H2S.H/c;1-2;;/h;1-2H;1H2;/q+1;;;-1. The maximum absolute atomic E-state index is 3.22. The zero-order valence-corrected chi connectivity index (χ0v) is 5.18. The van der Waals surface area contributed by atoms with Crippen molar-refractivity contribution in [3.05, 3.63) is 0 Å². The van der Waals surface area contributed by atoms with Gasteiger partial charge in [-0.3, -0.25) is 0 Å². The number of hydrogen-bond acceptors (Lipinski definition) is 2. The van der Waals surface area contributed by atoms with E-state index in [1.54, 1.807) is 0 Å². The first-order chi connectivity index (χ1) is 1.00. The van der Waals surface area contributed by atoms with E-state index in [1.165, 1.54) is 0 Å². The van der Waals surface area contributed by atoms with Crippen LogP contribution in [0.4, 0.5) is 0 Å². The average molecular weight is 108 g/mol. The summed E-state index contributed by atoms with van der Waals surface area (Å²) >= 11 is 6.44. The van der Waals surface area contributed by atoms with Gasteiger partial charge >= 0.3 is 18.9 Å². The summed E-state index contributed by atoms with van der Waals surface area (Å²) in [5.41, 5.74) is 0. The summed E-state index contributed by atoms with van der Waals surface area (Å²) in [6, 6.07) is 0. The molecule has 0 aliphatic rings. The molecule has 0 spiro atoms. The van der Waals surface area contributed by atoms with Crippen LogP contribution in [0, 0.1) is 0 Å². The minimum Gasteiger partial charge on any atom is -1.00 e. The predicted molar refractivity (Wildman–Crippen MR) is 29.5 cm³/mol. The first-order valence-electron chi connectivity index (χ1n) is 0.200. The zero-order chi connectivity index (χ0) is 2.00. The normalized spacial score (nSPS) is 1.50. The van der Waals surface area contributed by atoms with E-state index in [2.05, 4.69) is 23.3 Å². The van der Waals surface area contributed by atoms with Crippen molar-refractivity contribution in [1.82, 2.24) is 0 Å². The van der Waals surface area contributed by atoms with Crippen molar-refractivity contribution in [2.24, 2.45) is 0 Å². The molecule has 0 bridgehead atoms. The molecule has 0 N–H and O–H groups in total. The van der Waals surface area contributed by atoms with Crippen LogP contribution in [0.3, 0.4) is 0 Å². The van der Waals surface area contributed by atoms with Gasteiger partial charge in [0.05, 0.1) is 0 Å². The predicted octanol–water partition coefficient (Wildman–Crippen LogP) is -2.01. The van der Waals surface area contributed by atoms with E-state index in [0.717, 1.165) is 0 Å². The number of thiol groups is 2. The van der Waals surface area contributed by atoms with Gasteiger partial charge in [-0.2, -0.15) is 13.5 Å². The van der Waals surface area contributed by atoms with Crippen molar-refractivity contribution >= 4 is 36.8 Å². The van der Waals surface area contributed by atoms with Gasteiger partial charge in [0.1, 0.15) is 0 Å². The van der Waals surface area contributed by atoms with E-state index < -0.39 is 0 Å². The van der Waals surface area contributed by atoms with E-state index in [-0.39, 0.29) is 33.8 Å². The molecule has 0 atom stereocenters. The second-order valence-corrected chi connectivity index (χ2v) is 0. The summed E-state index contributed by atoms with van der Waals surface area (Å²) in [7, 11) is 0. The Morgan fingerprint density at radius 3 is 1.25 bits per heavy atom. The van der Waals surface area contributed by atoms with Gasteiger partial charge in [-0.1, -0.05) is 0 Å². The van der Waals surface area contributed by atoms with Gasteiger partial charge < -0.3 is 1.43 Å². The van der Waals surface area contributed by atoms with Gasteiger partial charge in [0.25, 0.3) is 0 Å². The van der Waals surface area contributed by atoms with Crippen LogP contribution in [-0.4, -0.2) is 0 Å². The third-order valence-corrected chi connectivity index (χ3v) is 0. The summed E-state index contributed by atoms with van der Waals surface area (Å²) in [4.78, 5) is 0. The van der Waals surface area contributed by atoms with E-state index in [0.29, 0.717) is 0 Å². The first-order valence-corrected chi connectivity index (χ1v) is 1.80. The third-order valence-electron chi connectivity index (χ3n) is 0. The Balaban J connectivity index is -0.00000000167. The Labute approximate surface area is 57.1 Å². The molecule has 0 aliphatic heterocycles. The van der Waals surface area contributed by atoms with Gasteiger partial charge in [-0.05, 0) is 0 Å². The third kappa shape index (κ3) is 9.42. The minimum atomic E-state index is 0. The molecule has 0 saturated carbocycles. The fraction of sp³-hybridized carbons (Fsp3) is 0. The van der Waals surface area contributed by atoms with Gasteiger partial charge in [0, 0.05) is 0 Å². The molecule has 0 saturated heterocycles. The molecular formula is H5LiS3. The van der Waals surface area contributed by atoms with Crippen LogP contribution in [0.2, 0.25) is 0 Å². The SMILES string of the molecule is S.SS.[H-].[Li+]. The van der Waals surface area contributed by atoms with Gasteiger partial charge in [0.15, 0.2) is 0 Å². The molecule has 0 nitrogen and oxygen atoms in total. The monoisotopic (exact) mass is 108 g/mol. The molecule has 0 heterocycles. The molecule has 0 aromatic heterocycles. The van der Waals surface area contributed by atoms with Crippen LogP contribution in [0.25, 0.3) is 0 Å². The topological polar surface area (TPSA) is 0 Å². The maximum Gasteiger partial charge on any atom is 1.00 e. The second kappa shape index (κ2) is 22.8. The van der Waals surface area contributed by atoms with Crippen LogP contribution in [0.5, 0.6) is 0 Å². The summed E-state index contributed by atoms with van der Waals surface area (Å²) < 4.78 is 0. The second-order valence-electron chi connectivity index (χ2n) is 0. The molecule has 0 aliphatic carbocycles. The molecule has 0 amide bonds. The summed E-state index contributed by atoms with van der Waals surface area (Å²) in [6.07, 6.45) is 0. The fourth-order valence-corrected chi connectivity index (χ4v) is 0. The maximum atomic E-state index is 3.22. The molecule has 4 heavy (non-hydrogen) atoms. The Morgan fingerprint density at radius 2 is 1.25 bits per heavy atom. The Kier molecular flexibility index (Phi) is 99.1. The summed E-state index contributed by atoms with van der Waals surface area (Å²) in [5.74, 6) is 0. The van der Waals surface area contributed by atoms with Crippen molar-refractivity contribution in [3.63, 3.8) is 0 Å². The fourth-order valence-electron chi connectivity index (χ4n) is 0. The zero-order valence-electron chi connectivity index (χ0n) is 3.39. The summed E-state index contributed by atoms with van der Waals surface area (Å²) in [6.45, 7) is 0. The van der Waals surface area contributed by atoms with Crippen molar-refractivity contribution in [2.75, 3.05) is 0 Å². The van der Waals surface area contributed by atoms with E-state index in [1.807, 2.05) is 0 Å². The molecule has 0 rings (SSSR count). The Hall–Kier alpha value is 1.65. The molecule has 0 unspecified atom stereocenters. The van der Waals surface area contributed by atoms with Crippen molar-refractivity contribution in [1.29, 1.82) is 0 Å². The minimum absolute atomic E-state index is 0. The average Bonchev–Trinajstić information content (AvgIpc) is 1.00. The van der Waals surface area contributed by atoms with E-state index >= 15 is 0 Å². The van der Waals surface area contributed by atoms with E-state index in [4.69, 9.17) is 0 Å². The largest absolute Gasteiger partial charge is 1.00 e. The van der Waals surface area contributed by atoms with Crippen molar-refractivity contribution < 1.29 is 20.3 Å². The molecule has 0 aromatic carbocycles. The van der Waals surface area contributed by atoms with E-state index in [9.17, 15) is 0 Å². The van der Waals surface area contributed by atoms with Crippen LogP contribution in [-0.2, 0) is 0 Å². The number of rotatable bonds is 0. The van der Waals surface area contributed by atoms with Crippen molar-refractivity contribution in [3.8, 4) is 0 Å². The van der Waals surface area contributed by atoms with Crippen LogP contribution < -0.4 is 18.9 Å². The van der Waals surface area contributed by atoms with Gasteiger partial charge in [0.2, 0.25) is 0 Å². The Bertz CT molecular complexity index is 6.85. The summed E-state index contributed by atoms with van der Waals surface area (Å²) in [5, 5.41) is 0.